The Morgan fingerprint density at radius 2 is 1.47 bits per heavy atom. The predicted octanol–water partition coefficient (Wildman–Crippen LogP) is 3.02. The standard InChI is InChI=1S/C15H30B2/c1-4-14(2,3)15(16,17)13-9-11-7-5-6-8-12(11)10-13/h11-13H,4-10,16-17H2,1-3H3. The van der Waals surface area contributed by atoms with Gasteiger partial charge in [0.25, 0.3) is 0 Å². The van der Waals surface area contributed by atoms with Crippen LogP contribution in [-0.4, -0.2) is 15.7 Å². The Kier molecular flexibility index (Phi) is 3.72. The summed E-state index contributed by atoms with van der Waals surface area (Å²) in [7, 11) is 5.08. The Hall–Kier alpha value is 0.130. The van der Waals surface area contributed by atoms with Crippen molar-refractivity contribution in [3.8, 4) is 0 Å². The van der Waals surface area contributed by atoms with E-state index in [9.17, 15) is 0 Å². The second kappa shape index (κ2) is 4.67. The highest BCUT2D eigenvalue weighted by atomic mass is 14.5. The molecule has 0 bridgehead atoms. The van der Waals surface area contributed by atoms with E-state index in [1.807, 2.05) is 0 Å². The molecule has 2 saturated carbocycles. The van der Waals surface area contributed by atoms with Crippen LogP contribution in [0.4, 0.5) is 0 Å². The van der Waals surface area contributed by atoms with Crippen LogP contribution >= 0.6 is 0 Å². The van der Waals surface area contributed by atoms with Gasteiger partial charge in [-0.25, -0.2) is 0 Å². The minimum absolute atomic E-state index is 0.491. The monoisotopic (exact) mass is 232 g/mol. The Morgan fingerprint density at radius 1 is 1.00 bits per heavy atom. The minimum atomic E-state index is 0.491. The number of hydrogen-bond donors (Lipinski definition) is 0. The van der Waals surface area contributed by atoms with E-state index in [1.165, 1.54) is 44.9 Å². The second-order valence-corrected chi connectivity index (χ2v) is 7.93. The SMILES string of the molecule is BC(B)(C1CC2CCCCC2C1)C(C)(C)CC. The molecule has 2 aliphatic carbocycles. The predicted molar refractivity (Wildman–Crippen MR) is 82.0 cm³/mol. The zero-order valence-corrected chi connectivity index (χ0v) is 12.7. The summed E-state index contributed by atoms with van der Waals surface area (Å²) >= 11 is 0. The molecule has 0 N–H and O–H groups in total. The van der Waals surface area contributed by atoms with E-state index in [0.29, 0.717) is 10.6 Å². The lowest BCUT2D eigenvalue weighted by Crippen LogP contribution is -2.37. The fourth-order valence-corrected chi connectivity index (χ4v) is 4.33. The summed E-state index contributed by atoms with van der Waals surface area (Å²) < 4.78 is 0. The molecule has 2 fully saturated rings. The highest BCUT2D eigenvalue weighted by Gasteiger charge is 2.47. The average Bonchev–Trinajstić information content (AvgIpc) is 2.72. The molecule has 2 aliphatic rings. The summed E-state index contributed by atoms with van der Waals surface area (Å²) in [5.41, 5.74) is 0.491. The van der Waals surface area contributed by atoms with Crippen LogP contribution in [0.1, 0.15) is 65.7 Å². The molecule has 0 heterocycles. The second-order valence-electron chi connectivity index (χ2n) is 7.93. The molecule has 0 aromatic heterocycles. The third-order valence-corrected chi connectivity index (χ3v) is 6.89. The van der Waals surface area contributed by atoms with Gasteiger partial charge in [-0.05, 0) is 36.0 Å². The van der Waals surface area contributed by atoms with Gasteiger partial charge in [0, 0.05) is 0 Å². The van der Waals surface area contributed by atoms with E-state index in [0.717, 1.165) is 17.8 Å². The van der Waals surface area contributed by atoms with Crippen LogP contribution in [0.15, 0.2) is 0 Å². The summed E-state index contributed by atoms with van der Waals surface area (Å²) in [6.45, 7) is 7.33. The Morgan fingerprint density at radius 3 is 1.88 bits per heavy atom. The lowest BCUT2D eigenvalue weighted by atomic mass is 9.37. The summed E-state index contributed by atoms with van der Waals surface area (Å²) in [6.07, 6.45) is 10.4. The number of fused-ring (bicyclic) bond motifs is 1. The van der Waals surface area contributed by atoms with Crippen molar-refractivity contribution in [2.24, 2.45) is 23.2 Å². The molecule has 2 rings (SSSR count). The van der Waals surface area contributed by atoms with Gasteiger partial charge in [-0.1, -0.05) is 58.1 Å². The Bertz CT molecular complexity index is 256. The highest BCUT2D eigenvalue weighted by molar-refractivity contribution is 6.40. The van der Waals surface area contributed by atoms with Crippen LogP contribution in [0.25, 0.3) is 0 Å². The first-order valence-corrected chi connectivity index (χ1v) is 7.88. The van der Waals surface area contributed by atoms with E-state index in [2.05, 4.69) is 36.5 Å². The number of rotatable bonds is 3. The van der Waals surface area contributed by atoms with Gasteiger partial charge in [0.2, 0.25) is 0 Å². The third-order valence-electron chi connectivity index (χ3n) is 6.89. The molecule has 0 aliphatic heterocycles. The van der Waals surface area contributed by atoms with Gasteiger partial charge >= 0.3 is 0 Å². The fraction of sp³-hybridized carbons (Fsp3) is 1.00. The largest absolute Gasteiger partial charge is 0.100 e. The number of hydrogen-bond acceptors (Lipinski definition) is 0. The van der Waals surface area contributed by atoms with Gasteiger partial charge < -0.3 is 0 Å². The van der Waals surface area contributed by atoms with Crippen molar-refractivity contribution < 1.29 is 0 Å². The molecular formula is C15H30B2. The maximum absolute atomic E-state index is 2.54. The molecule has 2 atom stereocenters. The van der Waals surface area contributed by atoms with E-state index in [1.54, 1.807) is 0 Å². The lowest BCUT2D eigenvalue weighted by molar-refractivity contribution is 0.221. The fourth-order valence-electron chi connectivity index (χ4n) is 4.33. The normalized spacial score (nSPS) is 34.6. The van der Waals surface area contributed by atoms with E-state index in [4.69, 9.17) is 0 Å². The Labute approximate surface area is 110 Å². The van der Waals surface area contributed by atoms with Crippen molar-refractivity contribution in [3.63, 3.8) is 0 Å². The van der Waals surface area contributed by atoms with Gasteiger partial charge in [0.15, 0.2) is 0 Å². The molecule has 2 heteroatoms. The molecule has 0 aromatic carbocycles. The molecule has 0 saturated heterocycles. The van der Waals surface area contributed by atoms with Crippen molar-refractivity contribution in [2.75, 3.05) is 0 Å². The smallest absolute Gasteiger partial charge is 0.0769 e. The zero-order chi connectivity index (χ0) is 12.7. The topological polar surface area (TPSA) is 0 Å². The summed E-state index contributed by atoms with van der Waals surface area (Å²) in [4.78, 5) is 0. The van der Waals surface area contributed by atoms with Gasteiger partial charge in [-0.15, -0.1) is 0 Å². The molecule has 0 aromatic rings. The van der Waals surface area contributed by atoms with Crippen molar-refractivity contribution in [2.45, 2.75) is 70.9 Å². The molecule has 17 heavy (non-hydrogen) atoms. The van der Waals surface area contributed by atoms with Crippen LogP contribution < -0.4 is 0 Å². The van der Waals surface area contributed by atoms with Crippen LogP contribution in [0.5, 0.6) is 0 Å². The van der Waals surface area contributed by atoms with Crippen molar-refractivity contribution in [1.29, 1.82) is 0 Å². The quantitative estimate of drug-likeness (QED) is 0.656. The molecular weight excluding hydrogens is 202 g/mol. The van der Waals surface area contributed by atoms with E-state index < -0.39 is 0 Å². The lowest BCUT2D eigenvalue weighted by Gasteiger charge is -2.46. The molecule has 0 spiro atoms. The Balaban J connectivity index is 2.08. The van der Waals surface area contributed by atoms with Crippen LogP contribution in [0.2, 0.25) is 5.21 Å². The van der Waals surface area contributed by atoms with Gasteiger partial charge in [0.1, 0.15) is 15.7 Å². The first-order valence-electron chi connectivity index (χ1n) is 7.88. The van der Waals surface area contributed by atoms with Crippen molar-refractivity contribution in [3.05, 3.63) is 0 Å². The first-order chi connectivity index (χ1) is 7.88. The van der Waals surface area contributed by atoms with E-state index >= 15 is 0 Å². The van der Waals surface area contributed by atoms with E-state index in [-0.39, 0.29) is 0 Å². The molecule has 0 nitrogen and oxygen atoms in total. The molecule has 0 amide bonds. The van der Waals surface area contributed by atoms with Crippen LogP contribution in [0, 0.1) is 23.2 Å². The summed E-state index contributed by atoms with van der Waals surface area (Å²) in [5, 5.41) is 0.513. The summed E-state index contributed by atoms with van der Waals surface area (Å²) in [6, 6.07) is 0. The minimum Gasteiger partial charge on any atom is -0.0769 e. The average molecular weight is 232 g/mol. The molecule has 0 radical (unpaired) electrons. The van der Waals surface area contributed by atoms with Crippen LogP contribution in [0.3, 0.4) is 0 Å². The van der Waals surface area contributed by atoms with Crippen molar-refractivity contribution in [1.82, 2.24) is 0 Å². The maximum Gasteiger partial charge on any atom is 0.100 e. The van der Waals surface area contributed by atoms with Gasteiger partial charge in [0.05, 0.1) is 0 Å². The molecule has 2 unspecified atom stereocenters. The van der Waals surface area contributed by atoms with Gasteiger partial charge in [-0.2, -0.15) is 0 Å². The summed E-state index contributed by atoms with van der Waals surface area (Å²) in [5.74, 6) is 3.15. The third kappa shape index (κ3) is 2.34. The van der Waals surface area contributed by atoms with Gasteiger partial charge in [-0.3, -0.25) is 0 Å². The first kappa shape index (κ1) is 13.6. The molecule has 96 valence electrons. The van der Waals surface area contributed by atoms with Crippen LogP contribution in [-0.2, 0) is 0 Å². The zero-order valence-electron chi connectivity index (χ0n) is 12.7. The van der Waals surface area contributed by atoms with Crippen molar-refractivity contribution >= 4 is 15.7 Å². The maximum atomic E-state index is 2.54. The highest BCUT2D eigenvalue weighted by Crippen LogP contribution is 2.58.